The molecule has 0 radical (unpaired) electrons. The van der Waals surface area contributed by atoms with E-state index in [-0.39, 0.29) is 0 Å². The Hall–Kier alpha value is -2.69. The van der Waals surface area contributed by atoms with Crippen LogP contribution in [0, 0.1) is 5.92 Å². The number of hydrogen-bond acceptors (Lipinski definition) is 8. The van der Waals surface area contributed by atoms with Crippen molar-refractivity contribution in [2.45, 2.75) is 57.6 Å². The minimum absolute atomic E-state index is 0.341. The molecule has 1 saturated heterocycles. The fourth-order valence-electron chi connectivity index (χ4n) is 4.94. The van der Waals surface area contributed by atoms with Gasteiger partial charge in [0.25, 0.3) is 0 Å². The number of methoxy groups -OCH3 is 1. The van der Waals surface area contributed by atoms with Gasteiger partial charge in [0.05, 0.1) is 47.2 Å². The summed E-state index contributed by atoms with van der Waals surface area (Å²) in [7, 11) is -2.01. The van der Waals surface area contributed by atoms with Gasteiger partial charge in [0.15, 0.2) is 0 Å². The molecule has 2 N–H and O–H groups in total. The number of nitrogens with zero attached hydrogens (tertiary/aromatic N) is 2. The van der Waals surface area contributed by atoms with Gasteiger partial charge in [0.2, 0.25) is 15.9 Å². The number of hydrogen-bond donors (Lipinski definition) is 2. The molecule has 2 aromatic rings. The Bertz CT molecular complexity index is 1190. The summed E-state index contributed by atoms with van der Waals surface area (Å²) >= 11 is 0. The number of rotatable bonds is 11. The molecule has 1 aromatic carbocycles. The fraction of sp³-hybridized carbons (Fsp3) is 0.556. The van der Waals surface area contributed by atoms with Crippen LogP contribution in [0.4, 0.5) is 17.1 Å². The van der Waals surface area contributed by atoms with Gasteiger partial charge >= 0.3 is 0 Å². The lowest BCUT2D eigenvalue weighted by Crippen LogP contribution is -2.42. The molecule has 1 aliphatic heterocycles. The number of aromatic nitrogens is 1. The van der Waals surface area contributed by atoms with Gasteiger partial charge in [0.1, 0.15) is 0 Å². The highest BCUT2D eigenvalue weighted by molar-refractivity contribution is 7.89. The molecule has 0 atom stereocenters. The number of carbonyl (C=O) groups is 1. The molecular weight excluding hydrogens is 492 g/mol. The van der Waals surface area contributed by atoms with Gasteiger partial charge in [-0.1, -0.05) is 19.9 Å². The summed E-state index contributed by atoms with van der Waals surface area (Å²) < 4.78 is 36.5. The topological polar surface area (TPSA) is 110 Å². The van der Waals surface area contributed by atoms with E-state index in [4.69, 9.17) is 9.47 Å². The first-order chi connectivity index (χ1) is 17.6. The van der Waals surface area contributed by atoms with Gasteiger partial charge in [-0.25, -0.2) is 8.42 Å². The average Bonchev–Trinajstić information content (AvgIpc) is 3.66. The number of anilines is 3. The number of benzene rings is 1. The maximum absolute atomic E-state index is 13.0. The van der Waals surface area contributed by atoms with Gasteiger partial charge in [-0.2, -0.15) is 0 Å². The van der Waals surface area contributed by atoms with Crippen LogP contribution in [-0.2, 0) is 36.3 Å². The van der Waals surface area contributed by atoms with E-state index in [1.165, 1.54) is 0 Å². The summed E-state index contributed by atoms with van der Waals surface area (Å²) in [5.41, 5.74) is 3.54. The number of sulfonamides is 1. The van der Waals surface area contributed by atoms with Crippen LogP contribution in [-0.4, -0.2) is 58.5 Å². The van der Waals surface area contributed by atoms with E-state index in [9.17, 15) is 13.2 Å². The first-order valence-corrected chi connectivity index (χ1v) is 14.7. The van der Waals surface area contributed by atoms with Crippen molar-refractivity contribution in [1.82, 2.24) is 9.71 Å². The first kappa shape index (κ1) is 27.3. The molecule has 1 saturated carbocycles. The Labute approximate surface area is 220 Å². The van der Waals surface area contributed by atoms with Gasteiger partial charge in [-0.3, -0.25) is 14.5 Å². The Morgan fingerprint density at radius 3 is 2.51 bits per heavy atom. The van der Waals surface area contributed by atoms with Crippen LogP contribution in [0.15, 0.2) is 36.5 Å². The van der Waals surface area contributed by atoms with Crippen molar-refractivity contribution in [3.05, 3.63) is 47.8 Å². The number of nitrogens with one attached hydrogen (secondary N) is 2. The second-order valence-corrected chi connectivity index (χ2v) is 12.3. The van der Waals surface area contributed by atoms with Crippen molar-refractivity contribution in [1.29, 1.82) is 0 Å². The number of amides is 1. The molecule has 0 bridgehead atoms. The van der Waals surface area contributed by atoms with Gasteiger partial charge in [-0.15, -0.1) is 0 Å². The molecule has 1 aromatic heterocycles. The van der Waals surface area contributed by atoms with Crippen molar-refractivity contribution in [3.63, 3.8) is 0 Å². The van der Waals surface area contributed by atoms with Crippen molar-refractivity contribution in [2.75, 3.05) is 43.3 Å². The molecule has 9 nitrogen and oxygen atoms in total. The van der Waals surface area contributed by atoms with Crippen LogP contribution >= 0.6 is 0 Å². The largest absolute Gasteiger partial charge is 0.381 e. The molecule has 1 amide bonds. The van der Waals surface area contributed by atoms with Gasteiger partial charge in [0, 0.05) is 32.9 Å². The quantitative estimate of drug-likeness (QED) is 0.452. The molecule has 0 unspecified atom stereocenters. The molecule has 2 aliphatic rings. The van der Waals surface area contributed by atoms with E-state index in [1.807, 2.05) is 24.3 Å². The zero-order valence-corrected chi connectivity index (χ0v) is 22.9. The predicted octanol–water partition coefficient (Wildman–Crippen LogP) is 3.72. The predicted molar refractivity (Wildman–Crippen MR) is 145 cm³/mol. The third-order valence-corrected chi connectivity index (χ3v) is 7.47. The second kappa shape index (κ2) is 11.4. The summed E-state index contributed by atoms with van der Waals surface area (Å²) in [6, 6.07) is 10.3. The second-order valence-electron chi connectivity index (χ2n) is 10.5. The lowest BCUT2D eigenvalue weighted by molar-refractivity contribution is -0.121. The summed E-state index contributed by atoms with van der Waals surface area (Å²) in [4.78, 5) is 19.9. The van der Waals surface area contributed by atoms with E-state index in [2.05, 4.69) is 39.8 Å². The lowest BCUT2D eigenvalue weighted by atomic mass is 9.93. The zero-order valence-electron chi connectivity index (χ0n) is 22.1. The highest BCUT2D eigenvalue weighted by Gasteiger charge is 2.52. The van der Waals surface area contributed by atoms with E-state index >= 15 is 0 Å². The van der Waals surface area contributed by atoms with Crippen LogP contribution in [0.5, 0.6) is 0 Å². The molecule has 1 aliphatic carbocycles. The Balaban J connectivity index is 1.73. The van der Waals surface area contributed by atoms with Crippen LogP contribution < -0.4 is 14.9 Å². The molecule has 2 fully saturated rings. The summed E-state index contributed by atoms with van der Waals surface area (Å²) in [5.74, 6) is -0.0246. The highest BCUT2D eigenvalue weighted by atomic mass is 32.2. The normalized spacial score (nSPS) is 17.4. The van der Waals surface area contributed by atoms with Crippen molar-refractivity contribution in [3.8, 4) is 0 Å². The Morgan fingerprint density at radius 2 is 1.95 bits per heavy atom. The van der Waals surface area contributed by atoms with Gasteiger partial charge in [-0.05, 0) is 61.4 Å². The summed E-state index contributed by atoms with van der Waals surface area (Å²) in [6.07, 6.45) is 5.89. The maximum atomic E-state index is 13.0. The van der Waals surface area contributed by atoms with Crippen molar-refractivity contribution in [2.24, 2.45) is 5.92 Å². The van der Waals surface area contributed by atoms with E-state index in [1.54, 1.807) is 13.3 Å². The molecular formula is C27H38N4O5S. The Morgan fingerprint density at radius 1 is 1.22 bits per heavy atom. The third kappa shape index (κ3) is 6.80. The standard InChI is InChI=1S/C27H38N4O5S/c1-19(2)17-31(23-9-13-36-14-10-23)25-8-5-20(27(11-12-27)26(32)30-37(4,33)34)15-24(25)29-21-6-7-22(18-35-3)28-16-21/h5-8,15-16,19,23,29H,9-14,17-18H2,1-4H3,(H,30,32). The molecule has 10 heteroatoms. The number of ether oxygens (including phenoxy) is 2. The zero-order chi connectivity index (χ0) is 26.6. The lowest BCUT2D eigenvalue weighted by Gasteiger charge is -2.38. The monoisotopic (exact) mass is 530 g/mol. The van der Waals surface area contributed by atoms with Crippen molar-refractivity contribution < 1.29 is 22.7 Å². The summed E-state index contributed by atoms with van der Waals surface area (Å²) in [5, 5.41) is 3.54. The molecule has 37 heavy (non-hydrogen) atoms. The van der Waals surface area contributed by atoms with Crippen LogP contribution in [0.25, 0.3) is 0 Å². The minimum Gasteiger partial charge on any atom is -0.381 e. The SMILES string of the molecule is COCc1ccc(Nc2cc(C3(C(=O)NS(C)(=O)=O)CC3)ccc2N(CC(C)C)C2CCOCC2)cn1. The Kier molecular flexibility index (Phi) is 8.40. The fourth-order valence-corrected chi connectivity index (χ4v) is 5.48. The molecule has 0 spiro atoms. The third-order valence-electron chi connectivity index (χ3n) is 6.91. The first-order valence-electron chi connectivity index (χ1n) is 12.8. The molecule has 4 rings (SSSR count). The van der Waals surface area contributed by atoms with Crippen LogP contribution in [0.1, 0.15) is 50.8 Å². The van der Waals surface area contributed by atoms with Crippen LogP contribution in [0.2, 0.25) is 0 Å². The van der Waals surface area contributed by atoms with Crippen molar-refractivity contribution >= 4 is 33.0 Å². The minimum atomic E-state index is -3.65. The summed E-state index contributed by atoms with van der Waals surface area (Å²) in [6.45, 7) is 7.20. The molecule has 2 heterocycles. The van der Waals surface area contributed by atoms with E-state index < -0.39 is 21.3 Å². The highest BCUT2D eigenvalue weighted by Crippen LogP contribution is 2.50. The smallest absolute Gasteiger partial charge is 0.244 e. The molecule has 202 valence electrons. The maximum Gasteiger partial charge on any atom is 0.244 e. The average molecular weight is 531 g/mol. The van der Waals surface area contributed by atoms with Gasteiger partial charge < -0.3 is 19.7 Å². The number of pyridine rings is 1. The van der Waals surface area contributed by atoms with E-state index in [0.717, 1.165) is 67.2 Å². The number of carbonyl (C=O) groups excluding carboxylic acids is 1. The van der Waals surface area contributed by atoms with E-state index in [0.29, 0.717) is 31.4 Å². The van der Waals surface area contributed by atoms with Crippen LogP contribution in [0.3, 0.4) is 0 Å².